The first kappa shape index (κ1) is 24.1. The van der Waals surface area contributed by atoms with Crippen molar-refractivity contribution in [3.05, 3.63) is 68.6 Å². The van der Waals surface area contributed by atoms with Crippen molar-refractivity contribution in [2.24, 2.45) is 0 Å². The molecule has 0 unspecified atom stereocenters. The summed E-state index contributed by atoms with van der Waals surface area (Å²) in [4.78, 5) is 39.3. The molecule has 7 nitrogen and oxygen atoms in total. The number of nitrogens with zero attached hydrogens (tertiary/aromatic N) is 1. The minimum Gasteiger partial charge on any atom is -0.493 e. The maximum Gasteiger partial charge on any atom is 0.294 e. The summed E-state index contributed by atoms with van der Waals surface area (Å²) in [6.45, 7) is 2.01. The summed E-state index contributed by atoms with van der Waals surface area (Å²) in [5.41, 5.74) is 1.32. The number of imide groups is 1. The van der Waals surface area contributed by atoms with Gasteiger partial charge in [0.25, 0.3) is 11.1 Å². The number of carbonyl (C=O) groups is 3. The molecule has 3 aromatic carbocycles. The van der Waals surface area contributed by atoms with E-state index in [4.69, 9.17) is 9.47 Å². The molecule has 0 aliphatic carbocycles. The highest BCUT2D eigenvalue weighted by Crippen LogP contribution is 2.37. The lowest BCUT2D eigenvalue weighted by Crippen LogP contribution is -2.36. The number of hydrogen-bond donors (Lipinski definition) is 1. The van der Waals surface area contributed by atoms with Crippen LogP contribution in [0.5, 0.6) is 11.5 Å². The van der Waals surface area contributed by atoms with Crippen LogP contribution in [0.15, 0.2) is 59.5 Å². The lowest BCUT2D eigenvalue weighted by Gasteiger charge is -2.14. The van der Waals surface area contributed by atoms with Crippen molar-refractivity contribution in [2.45, 2.75) is 6.92 Å². The molecule has 0 spiro atoms. The van der Waals surface area contributed by atoms with Gasteiger partial charge in [0, 0.05) is 11.1 Å². The summed E-state index contributed by atoms with van der Waals surface area (Å²) in [6.07, 6.45) is 1.62. The number of anilines is 1. The number of carbonyl (C=O) groups excluding carboxylic acids is 3. The maximum absolute atomic E-state index is 12.9. The first-order valence-corrected chi connectivity index (χ1v) is 12.3. The number of nitrogens with one attached hydrogen (secondary N) is 1. The van der Waals surface area contributed by atoms with Gasteiger partial charge in [0.2, 0.25) is 5.91 Å². The van der Waals surface area contributed by atoms with Gasteiger partial charge in [-0.2, -0.15) is 0 Å². The van der Waals surface area contributed by atoms with Crippen LogP contribution < -0.4 is 14.8 Å². The van der Waals surface area contributed by atoms with Crippen molar-refractivity contribution in [1.29, 1.82) is 0 Å². The maximum atomic E-state index is 12.9. The SMILES string of the molecule is CCOc1c(I)cc(/C=C2/SC(=O)N(CC(=O)Nc3cccc4ccccc34)C2=O)cc1OC. The molecule has 1 N–H and O–H groups in total. The van der Waals surface area contributed by atoms with Crippen molar-refractivity contribution in [1.82, 2.24) is 4.90 Å². The van der Waals surface area contributed by atoms with E-state index in [2.05, 4.69) is 27.9 Å². The molecule has 3 amide bonds. The Hall–Kier alpha value is -3.05. The number of ether oxygens (including phenoxy) is 2. The third-order valence-electron chi connectivity index (χ3n) is 5.08. The summed E-state index contributed by atoms with van der Waals surface area (Å²) in [5.74, 6) is 0.206. The Morgan fingerprint density at radius 1 is 1.15 bits per heavy atom. The highest BCUT2D eigenvalue weighted by molar-refractivity contribution is 14.1. The third kappa shape index (κ3) is 5.05. The summed E-state index contributed by atoms with van der Waals surface area (Å²) < 4.78 is 11.9. The molecule has 1 aliphatic heterocycles. The Morgan fingerprint density at radius 3 is 2.68 bits per heavy atom. The zero-order chi connectivity index (χ0) is 24.2. The smallest absolute Gasteiger partial charge is 0.294 e. The minimum absolute atomic E-state index is 0.241. The molecule has 3 aromatic rings. The van der Waals surface area contributed by atoms with E-state index in [1.165, 1.54) is 0 Å². The van der Waals surface area contributed by atoms with Crippen LogP contribution in [-0.2, 0) is 9.59 Å². The van der Waals surface area contributed by atoms with E-state index in [-0.39, 0.29) is 11.4 Å². The Bertz CT molecular complexity index is 1320. The second kappa shape index (κ2) is 10.5. The number of rotatable bonds is 7. The van der Waals surface area contributed by atoms with Gasteiger partial charge >= 0.3 is 0 Å². The fraction of sp³-hybridized carbons (Fsp3) is 0.160. The van der Waals surface area contributed by atoms with Gasteiger partial charge in [0.15, 0.2) is 11.5 Å². The number of hydrogen-bond acceptors (Lipinski definition) is 6. The number of benzene rings is 3. The van der Waals surface area contributed by atoms with Crippen LogP contribution in [0, 0.1) is 3.57 Å². The number of amides is 3. The Balaban J connectivity index is 1.51. The van der Waals surface area contributed by atoms with Crippen LogP contribution in [-0.4, -0.2) is 42.2 Å². The largest absolute Gasteiger partial charge is 0.493 e. The van der Waals surface area contributed by atoms with Gasteiger partial charge in [0.05, 0.1) is 22.2 Å². The van der Waals surface area contributed by atoms with Gasteiger partial charge in [-0.1, -0.05) is 36.4 Å². The molecule has 0 saturated carbocycles. The summed E-state index contributed by atoms with van der Waals surface area (Å²) in [6, 6.07) is 16.8. The van der Waals surface area contributed by atoms with Gasteiger partial charge in [-0.25, -0.2) is 0 Å². The van der Waals surface area contributed by atoms with E-state index in [0.717, 1.165) is 31.0 Å². The molecular weight excluding hydrogens is 567 g/mol. The van der Waals surface area contributed by atoms with Gasteiger partial charge < -0.3 is 14.8 Å². The molecule has 174 valence electrons. The standard InChI is InChI=1S/C25H21IN2O5S/c1-3-33-23-18(26)11-15(12-20(23)32-2)13-21-24(30)28(25(31)34-21)14-22(29)27-19-10-6-8-16-7-4-5-9-17(16)19/h4-13H,3,14H2,1-2H3,(H,27,29)/b21-13+. The van der Waals surface area contributed by atoms with Crippen molar-refractivity contribution in [3.8, 4) is 11.5 Å². The van der Waals surface area contributed by atoms with E-state index < -0.39 is 17.1 Å². The van der Waals surface area contributed by atoms with E-state index in [1.54, 1.807) is 25.3 Å². The number of methoxy groups -OCH3 is 1. The predicted octanol–water partition coefficient (Wildman–Crippen LogP) is 5.53. The summed E-state index contributed by atoms with van der Waals surface area (Å²) in [7, 11) is 1.54. The van der Waals surface area contributed by atoms with Crippen LogP contribution in [0.2, 0.25) is 0 Å². The number of thioether (sulfide) groups is 1. The van der Waals surface area contributed by atoms with E-state index in [0.29, 0.717) is 29.4 Å². The zero-order valence-electron chi connectivity index (χ0n) is 18.5. The summed E-state index contributed by atoms with van der Waals surface area (Å²) >= 11 is 2.94. The van der Waals surface area contributed by atoms with Gasteiger partial charge in [0.1, 0.15) is 6.54 Å². The normalized spacial score (nSPS) is 14.7. The molecule has 0 aromatic heterocycles. The van der Waals surface area contributed by atoms with Crippen molar-refractivity contribution in [3.63, 3.8) is 0 Å². The second-order valence-electron chi connectivity index (χ2n) is 7.31. The first-order valence-electron chi connectivity index (χ1n) is 10.4. The first-order chi connectivity index (χ1) is 16.4. The van der Waals surface area contributed by atoms with Crippen molar-refractivity contribution in [2.75, 3.05) is 25.6 Å². The zero-order valence-corrected chi connectivity index (χ0v) is 21.4. The molecule has 4 rings (SSSR count). The summed E-state index contributed by atoms with van der Waals surface area (Å²) in [5, 5.41) is 4.19. The Labute approximate surface area is 214 Å². The average molecular weight is 588 g/mol. The molecule has 0 radical (unpaired) electrons. The molecule has 9 heteroatoms. The fourth-order valence-corrected chi connectivity index (χ4v) is 5.18. The monoisotopic (exact) mass is 588 g/mol. The molecule has 1 fully saturated rings. The number of halogens is 1. The topological polar surface area (TPSA) is 84.9 Å². The minimum atomic E-state index is -0.508. The quantitative estimate of drug-likeness (QED) is 0.289. The van der Waals surface area contributed by atoms with Crippen molar-refractivity contribution < 1.29 is 23.9 Å². The van der Waals surface area contributed by atoms with Crippen LogP contribution >= 0.6 is 34.4 Å². The molecule has 1 heterocycles. The van der Waals surface area contributed by atoms with Gasteiger partial charge in [-0.15, -0.1) is 0 Å². The van der Waals surface area contributed by atoms with Crippen molar-refractivity contribution >= 4 is 73.9 Å². The fourth-order valence-electron chi connectivity index (χ4n) is 3.56. The van der Waals surface area contributed by atoms with E-state index >= 15 is 0 Å². The highest BCUT2D eigenvalue weighted by Gasteiger charge is 2.36. The predicted molar refractivity (Wildman–Crippen MR) is 142 cm³/mol. The Kier molecular flexibility index (Phi) is 7.42. The molecule has 0 bridgehead atoms. The van der Waals surface area contributed by atoms with Crippen LogP contribution in [0.1, 0.15) is 12.5 Å². The van der Waals surface area contributed by atoms with Gasteiger partial charge in [-0.3, -0.25) is 19.3 Å². The van der Waals surface area contributed by atoms with Crippen LogP contribution in [0.25, 0.3) is 16.8 Å². The molecule has 1 aliphatic rings. The van der Waals surface area contributed by atoms with E-state index in [9.17, 15) is 14.4 Å². The molecular formula is C25H21IN2O5S. The number of fused-ring (bicyclic) bond motifs is 1. The lowest BCUT2D eigenvalue weighted by atomic mass is 10.1. The second-order valence-corrected chi connectivity index (χ2v) is 9.47. The van der Waals surface area contributed by atoms with Gasteiger partial charge in [-0.05, 0) is 76.5 Å². The van der Waals surface area contributed by atoms with E-state index in [1.807, 2.05) is 49.4 Å². The lowest BCUT2D eigenvalue weighted by molar-refractivity contribution is -0.127. The molecule has 1 saturated heterocycles. The van der Waals surface area contributed by atoms with Crippen LogP contribution in [0.3, 0.4) is 0 Å². The molecule has 0 atom stereocenters. The van der Waals surface area contributed by atoms with Crippen LogP contribution in [0.4, 0.5) is 10.5 Å². The Morgan fingerprint density at radius 2 is 1.91 bits per heavy atom. The molecule has 34 heavy (non-hydrogen) atoms. The average Bonchev–Trinajstić information content (AvgIpc) is 3.08. The highest BCUT2D eigenvalue weighted by atomic mass is 127. The third-order valence-corrected chi connectivity index (χ3v) is 6.79.